The number of ether oxygens (including phenoxy) is 1. The van der Waals surface area contributed by atoms with Crippen molar-refractivity contribution in [1.29, 1.82) is 0 Å². The number of morpholine rings is 1. The molecule has 0 saturated carbocycles. The maximum absolute atomic E-state index is 5.43. The predicted octanol–water partition coefficient (Wildman–Crippen LogP) is 1.95. The van der Waals surface area contributed by atoms with Gasteiger partial charge in [0.05, 0.1) is 13.2 Å². The Morgan fingerprint density at radius 3 is 2.08 bits per heavy atom. The molecule has 2 aliphatic rings. The summed E-state index contributed by atoms with van der Waals surface area (Å²) in [6.45, 7) is 9.52. The summed E-state index contributed by atoms with van der Waals surface area (Å²) in [5.74, 6) is 2.04. The van der Waals surface area contributed by atoms with Gasteiger partial charge in [0.2, 0.25) is 0 Å². The number of aromatic nitrogens is 2. The van der Waals surface area contributed by atoms with Crippen LogP contribution in [0, 0.1) is 6.92 Å². The molecule has 2 aromatic rings. The molecule has 0 aliphatic carbocycles. The molecule has 2 aliphatic heterocycles. The van der Waals surface area contributed by atoms with E-state index in [1.807, 2.05) is 0 Å². The molecule has 6 nitrogen and oxygen atoms in total. The van der Waals surface area contributed by atoms with E-state index in [1.165, 1.54) is 11.3 Å². The van der Waals surface area contributed by atoms with Crippen LogP contribution in [0.3, 0.4) is 0 Å². The molecule has 6 heteroatoms. The smallest absolute Gasteiger partial charge is 0.134 e. The van der Waals surface area contributed by atoms with E-state index in [1.54, 1.807) is 6.33 Å². The summed E-state index contributed by atoms with van der Waals surface area (Å²) in [7, 11) is 0. The number of piperazine rings is 1. The van der Waals surface area contributed by atoms with Crippen molar-refractivity contribution in [3.8, 4) is 0 Å². The van der Waals surface area contributed by atoms with Gasteiger partial charge in [-0.25, -0.2) is 9.97 Å². The van der Waals surface area contributed by atoms with Gasteiger partial charge in [0.15, 0.2) is 0 Å². The number of hydrogen-bond donors (Lipinski definition) is 0. The molecule has 4 rings (SSSR count). The zero-order chi connectivity index (χ0) is 17.1. The molecule has 0 amide bonds. The average molecular weight is 339 g/mol. The third-order valence-corrected chi connectivity index (χ3v) is 5.03. The van der Waals surface area contributed by atoms with Crippen LogP contribution in [0.4, 0.5) is 17.3 Å². The van der Waals surface area contributed by atoms with Gasteiger partial charge in [-0.15, -0.1) is 0 Å². The van der Waals surface area contributed by atoms with Crippen LogP contribution in [0.2, 0.25) is 0 Å². The summed E-state index contributed by atoms with van der Waals surface area (Å²) >= 11 is 0. The van der Waals surface area contributed by atoms with Crippen LogP contribution in [0.5, 0.6) is 0 Å². The molecular formula is C19H25N5O. The minimum Gasteiger partial charge on any atom is -0.378 e. The first kappa shape index (κ1) is 16.1. The first-order valence-corrected chi connectivity index (χ1v) is 9.01. The van der Waals surface area contributed by atoms with Gasteiger partial charge in [0, 0.05) is 51.0 Å². The summed E-state index contributed by atoms with van der Waals surface area (Å²) in [5, 5.41) is 0. The van der Waals surface area contributed by atoms with E-state index in [0.29, 0.717) is 0 Å². The van der Waals surface area contributed by atoms with Gasteiger partial charge in [-0.2, -0.15) is 0 Å². The zero-order valence-electron chi connectivity index (χ0n) is 14.8. The first-order valence-electron chi connectivity index (χ1n) is 9.01. The molecule has 2 saturated heterocycles. The molecule has 0 bridgehead atoms. The van der Waals surface area contributed by atoms with Gasteiger partial charge in [-0.1, -0.05) is 18.2 Å². The first-order chi connectivity index (χ1) is 12.3. The molecular weight excluding hydrogens is 314 g/mol. The third kappa shape index (κ3) is 3.54. The van der Waals surface area contributed by atoms with Crippen LogP contribution in [0.25, 0.3) is 0 Å². The molecule has 3 heterocycles. The van der Waals surface area contributed by atoms with Gasteiger partial charge in [-0.05, 0) is 18.6 Å². The van der Waals surface area contributed by atoms with Crippen molar-refractivity contribution in [3.63, 3.8) is 0 Å². The van der Waals surface area contributed by atoms with Crippen molar-refractivity contribution in [2.24, 2.45) is 0 Å². The van der Waals surface area contributed by atoms with Crippen molar-refractivity contribution in [3.05, 3.63) is 42.2 Å². The normalized spacial score (nSPS) is 18.5. The zero-order valence-corrected chi connectivity index (χ0v) is 14.8. The standard InChI is InChI=1S/C19H25N5O/c1-16-4-2-3-5-17(16)22-6-8-23(9-7-22)18-14-19(21-15-20-18)24-10-12-25-13-11-24/h2-5,14-15H,6-13H2,1H3. The summed E-state index contributed by atoms with van der Waals surface area (Å²) in [6.07, 6.45) is 1.69. The number of hydrogen-bond acceptors (Lipinski definition) is 6. The largest absolute Gasteiger partial charge is 0.378 e. The lowest BCUT2D eigenvalue weighted by Gasteiger charge is -2.37. The third-order valence-electron chi connectivity index (χ3n) is 5.03. The summed E-state index contributed by atoms with van der Waals surface area (Å²) in [4.78, 5) is 16.1. The summed E-state index contributed by atoms with van der Waals surface area (Å²) < 4.78 is 5.43. The van der Waals surface area contributed by atoms with Crippen molar-refractivity contribution in [1.82, 2.24) is 9.97 Å². The Morgan fingerprint density at radius 2 is 1.40 bits per heavy atom. The predicted molar refractivity (Wildman–Crippen MR) is 101 cm³/mol. The number of para-hydroxylation sites is 1. The van der Waals surface area contributed by atoms with Crippen LogP contribution < -0.4 is 14.7 Å². The van der Waals surface area contributed by atoms with Crippen LogP contribution in [-0.4, -0.2) is 62.5 Å². The quantitative estimate of drug-likeness (QED) is 0.852. The molecule has 0 spiro atoms. The Kier molecular flexibility index (Phi) is 4.70. The van der Waals surface area contributed by atoms with Gasteiger partial charge >= 0.3 is 0 Å². The summed E-state index contributed by atoms with van der Waals surface area (Å²) in [6, 6.07) is 10.7. The van der Waals surface area contributed by atoms with Gasteiger partial charge in [0.25, 0.3) is 0 Å². The topological polar surface area (TPSA) is 44.7 Å². The van der Waals surface area contributed by atoms with Gasteiger partial charge in [0.1, 0.15) is 18.0 Å². The maximum Gasteiger partial charge on any atom is 0.134 e. The molecule has 0 unspecified atom stereocenters. The number of rotatable bonds is 3. The van der Waals surface area contributed by atoms with E-state index in [-0.39, 0.29) is 0 Å². The van der Waals surface area contributed by atoms with E-state index in [9.17, 15) is 0 Å². The van der Waals surface area contributed by atoms with Crippen LogP contribution in [0.1, 0.15) is 5.56 Å². The Hall–Kier alpha value is -2.34. The van der Waals surface area contributed by atoms with E-state index in [2.05, 4.69) is 61.9 Å². The second-order valence-corrected chi connectivity index (χ2v) is 6.59. The molecule has 0 radical (unpaired) electrons. The van der Waals surface area contributed by atoms with Crippen LogP contribution in [0.15, 0.2) is 36.7 Å². The van der Waals surface area contributed by atoms with Crippen molar-refractivity contribution in [2.45, 2.75) is 6.92 Å². The molecule has 1 aromatic carbocycles. The highest BCUT2D eigenvalue weighted by Crippen LogP contribution is 2.24. The van der Waals surface area contributed by atoms with E-state index >= 15 is 0 Å². The molecule has 0 N–H and O–H groups in total. The number of aryl methyl sites for hydroxylation is 1. The highest BCUT2D eigenvalue weighted by Gasteiger charge is 2.20. The lowest BCUT2D eigenvalue weighted by atomic mass is 10.1. The average Bonchev–Trinajstić information content (AvgIpc) is 2.69. The fraction of sp³-hybridized carbons (Fsp3) is 0.474. The lowest BCUT2D eigenvalue weighted by molar-refractivity contribution is 0.122. The van der Waals surface area contributed by atoms with E-state index < -0.39 is 0 Å². The second kappa shape index (κ2) is 7.27. The van der Waals surface area contributed by atoms with Crippen molar-refractivity contribution in [2.75, 3.05) is 67.2 Å². The molecule has 1 aromatic heterocycles. The number of anilines is 3. The minimum absolute atomic E-state index is 0.772. The highest BCUT2D eigenvalue weighted by atomic mass is 16.5. The SMILES string of the molecule is Cc1ccccc1N1CCN(c2cc(N3CCOCC3)ncn2)CC1. The summed E-state index contributed by atoms with van der Waals surface area (Å²) in [5.41, 5.74) is 2.69. The Labute approximate surface area is 149 Å². The van der Waals surface area contributed by atoms with Crippen LogP contribution >= 0.6 is 0 Å². The molecule has 132 valence electrons. The van der Waals surface area contributed by atoms with Crippen LogP contribution in [-0.2, 0) is 4.74 Å². The second-order valence-electron chi connectivity index (χ2n) is 6.59. The van der Waals surface area contributed by atoms with E-state index in [0.717, 1.165) is 64.1 Å². The minimum atomic E-state index is 0.772. The number of benzene rings is 1. The van der Waals surface area contributed by atoms with Gasteiger partial charge < -0.3 is 19.4 Å². The van der Waals surface area contributed by atoms with E-state index in [4.69, 9.17) is 4.74 Å². The Balaban J connectivity index is 1.43. The van der Waals surface area contributed by atoms with Crippen molar-refractivity contribution < 1.29 is 4.74 Å². The van der Waals surface area contributed by atoms with Gasteiger partial charge in [-0.3, -0.25) is 0 Å². The molecule has 2 fully saturated rings. The molecule has 25 heavy (non-hydrogen) atoms. The fourth-order valence-corrected chi connectivity index (χ4v) is 3.57. The Bertz CT molecular complexity index is 708. The lowest BCUT2D eigenvalue weighted by Crippen LogP contribution is -2.47. The maximum atomic E-state index is 5.43. The molecule has 0 atom stereocenters. The monoisotopic (exact) mass is 339 g/mol. The van der Waals surface area contributed by atoms with Crippen molar-refractivity contribution >= 4 is 17.3 Å². The highest BCUT2D eigenvalue weighted by molar-refractivity contribution is 5.56. The number of nitrogens with zero attached hydrogens (tertiary/aromatic N) is 5. The Morgan fingerprint density at radius 1 is 0.800 bits per heavy atom. The fourth-order valence-electron chi connectivity index (χ4n) is 3.57.